The number of thioether (sulfide) groups is 1. The second kappa shape index (κ2) is 14.8. The summed E-state index contributed by atoms with van der Waals surface area (Å²) in [6.45, 7) is 3.47. The summed E-state index contributed by atoms with van der Waals surface area (Å²) in [5.41, 5.74) is 2.15. The van der Waals surface area contributed by atoms with Crippen molar-refractivity contribution in [3.8, 4) is 5.75 Å². The standard InChI is InChI=1S/C33H41N3O5S2/c1-5-31(33(38)34-26-8-6-7-9-26)35(22-25-12-16-28(41-3)17-13-25)32(37)23-36(27-14-10-24(2)11-15-27)43(39,40)30-20-18-29(42-4)19-21-30/h10-21,26,31H,5-9,22-23H2,1-4H3,(H,34,38). The Morgan fingerprint density at radius 1 is 0.977 bits per heavy atom. The molecular formula is C33H41N3O5S2. The van der Waals surface area contributed by atoms with E-state index in [-0.39, 0.29) is 23.4 Å². The van der Waals surface area contributed by atoms with Crippen LogP contribution in [0.4, 0.5) is 5.69 Å². The van der Waals surface area contributed by atoms with Gasteiger partial charge in [-0.25, -0.2) is 8.42 Å². The largest absolute Gasteiger partial charge is 0.497 e. The third-order valence-electron chi connectivity index (χ3n) is 7.85. The van der Waals surface area contributed by atoms with Crippen LogP contribution in [0.25, 0.3) is 0 Å². The summed E-state index contributed by atoms with van der Waals surface area (Å²) in [6, 6.07) is 20.3. The molecule has 10 heteroatoms. The lowest BCUT2D eigenvalue weighted by Gasteiger charge is -2.33. The predicted octanol–water partition coefficient (Wildman–Crippen LogP) is 5.79. The van der Waals surface area contributed by atoms with Crippen molar-refractivity contribution in [3.05, 3.63) is 83.9 Å². The monoisotopic (exact) mass is 623 g/mol. The smallest absolute Gasteiger partial charge is 0.264 e. The fraction of sp³-hybridized carbons (Fsp3) is 0.394. The van der Waals surface area contributed by atoms with E-state index in [4.69, 9.17) is 4.74 Å². The number of sulfonamides is 1. The van der Waals surface area contributed by atoms with Gasteiger partial charge in [0.25, 0.3) is 10.0 Å². The summed E-state index contributed by atoms with van der Waals surface area (Å²) in [4.78, 5) is 30.4. The van der Waals surface area contributed by atoms with Gasteiger partial charge in [-0.3, -0.25) is 13.9 Å². The maximum atomic E-state index is 14.3. The van der Waals surface area contributed by atoms with Crippen LogP contribution in [0.5, 0.6) is 5.75 Å². The Hall–Kier alpha value is -3.50. The molecule has 1 unspecified atom stereocenters. The molecule has 1 saturated carbocycles. The van der Waals surface area contributed by atoms with Crippen LogP contribution in [-0.4, -0.2) is 57.1 Å². The minimum absolute atomic E-state index is 0.0893. The molecule has 3 aromatic rings. The van der Waals surface area contributed by atoms with E-state index in [2.05, 4.69) is 5.32 Å². The second-order valence-corrected chi connectivity index (χ2v) is 13.5. The predicted molar refractivity (Wildman–Crippen MR) is 172 cm³/mol. The summed E-state index contributed by atoms with van der Waals surface area (Å²) in [7, 11) is -2.53. The molecule has 1 N–H and O–H groups in total. The number of ether oxygens (including phenoxy) is 1. The summed E-state index contributed by atoms with van der Waals surface area (Å²) in [5.74, 6) is -0.000409. The highest BCUT2D eigenvalue weighted by atomic mass is 32.2. The number of methoxy groups -OCH3 is 1. The molecule has 0 radical (unpaired) electrons. The molecule has 0 aliphatic heterocycles. The van der Waals surface area contributed by atoms with Gasteiger partial charge in [0.2, 0.25) is 11.8 Å². The minimum Gasteiger partial charge on any atom is -0.497 e. The Morgan fingerprint density at radius 2 is 1.60 bits per heavy atom. The van der Waals surface area contributed by atoms with Crippen LogP contribution in [0.3, 0.4) is 0 Å². The maximum Gasteiger partial charge on any atom is 0.264 e. The summed E-state index contributed by atoms with van der Waals surface area (Å²) >= 11 is 1.52. The van der Waals surface area contributed by atoms with Gasteiger partial charge in [-0.15, -0.1) is 11.8 Å². The van der Waals surface area contributed by atoms with Crippen LogP contribution in [0.2, 0.25) is 0 Å². The summed E-state index contributed by atoms with van der Waals surface area (Å²) < 4.78 is 34.6. The number of anilines is 1. The van der Waals surface area contributed by atoms with Crippen molar-refractivity contribution < 1.29 is 22.7 Å². The van der Waals surface area contributed by atoms with Gasteiger partial charge in [-0.1, -0.05) is 49.6 Å². The van der Waals surface area contributed by atoms with Gasteiger partial charge in [0.15, 0.2) is 0 Å². The number of amides is 2. The van der Waals surface area contributed by atoms with Gasteiger partial charge < -0.3 is 15.0 Å². The average Bonchev–Trinajstić information content (AvgIpc) is 3.53. The summed E-state index contributed by atoms with van der Waals surface area (Å²) in [5, 5.41) is 3.14. The average molecular weight is 624 g/mol. The third kappa shape index (κ3) is 8.12. The second-order valence-electron chi connectivity index (χ2n) is 10.8. The first kappa shape index (κ1) is 32.4. The number of hydrogen-bond acceptors (Lipinski definition) is 6. The molecule has 8 nitrogen and oxygen atoms in total. The lowest BCUT2D eigenvalue weighted by Crippen LogP contribution is -2.53. The molecule has 0 aromatic heterocycles. The Labute approximate surface area is 259 Å². The molecule has 230 valence electrons. The molecule has 0 spiro atoms. The Kier molecular flexibility index (Phi) is 11.2. The molecule has 1 atom stereocenters. The number of nitrogens with one attached hydrogen (secondary N) is 1. The SMILES string of the molecule is CCC(C(=O)NC1CCCC1)N(Cc1ccc(OC)cc1)C(=O)CN(c1ccc(C)cc1)S(=O)(=O)c1ccc(SC)cc1. The van der Waals surface area contributed by atoms with Crippen LogP contribution in [0.15, 0.2) is 82.6 Å². The van der Waals surface area contributed by atoms with Crippen molar-refractivity contribution in [2.75, 3.05) is 24.2 Å². The highest BCUT2D eigenvalue weighted by molar-refractivity contribution is 7.98. The van der Waals surface area contributed by atoms with Gasteiger partial charge in [-0.05, 0) is 86.5 Å². The van der Waals surface area contributed by atoms with Crippen LogP contribution in [0, 0.1) is 6.92 Å². The van der Waals surface area contributed by atoms with Crippen molar-refractivity contribution in [2.45, 2.75) is 74.4 Å². The van der Waals surface area contributed by atoms with E-state index in [1.54, 1.807) is 55.6 Å². The number of carbonyl (C=O) groups is 2. The summed E-state index contributed by atoms with van der Waals surface area (Å²) in [6.07, 6.45) is 6.28. The molecule has 2 amide bonds. The van der Waals surface area contributed by atoms with Crippen LogP contribution in [-0.2, 0) is 26.2 Å². The molecule has 1 fully saturated rings. The topological polar surface area (TPSA) is 96.0 Å². The number of benzene rings is 3. The molecule has 4 rings (SSSR count). The fourth-order valence-electron chi connectivity index (χ4n) is 5.33. The van der Waals surface area contributed by atoms with Crippen LogP contribution >= 0.6 is 11.8 Å². The Balaban J connectivity index is 1.70. The zero-order valence-electron chi connectivity index (χ0n) is 25.3. The van der Waals surface area contributed by atoms with Crippen LogP contribution < -0.4 is 14.4 Å². The van der Waals surface area contributed by atoms with Crippen LogP contribution in [0.1, 0.15) is 50.2 Å². The molecular weight excluding hydrogens is 583 g/mol. The van der Waals surface area contributed by atoms with E-state index in [9.17, 15) is 18.0 Å². The van der Waals surface area contributed by atoms with E-state index in [1.165, 1.54) is 16.7 Å². The van der Waals surface area contributed by atoms with Crippen molar-refractivity contribution in [3.63, 3.8) is 0 Å². The number of nitrogens with zero attached hydrogens (tertiary/aromatic N) is 2. The zero-order chi connectivity index (χ0) is 31.0. The number of rotatable bonds is 13. The molecule has 1 aliphatic carbocycles. The van der Waals surface area contributed by atoms with E-state index < -0.39 is 28.5 Å². The van der Waals surface area contributed by atoms with Crippen molar-refractivity contribution in [1.82, 2.24) is 10.2 Å². The third-order valence-corrected chi connectivity index (χ3v) is 10.4. The Bertz CT molecular complexity index is 1470. The first-order valence-corrected chi connectivity index (χ1v) is 17.3. The zero-order valence-corrected chi connectivity index (χ0v) is 26.9. The number of carbonyl (C=O) groups excluding carboxylic acids is 2. The molecule has 43 heavy (non-hydrogen) atoms. The van der Waals surface area contributed by atoms with Gasteiger partial charge in [0.05, 0.1) is 17.7 Å². The van der Waals surface area contributed by atoms with Crippen molar-refractivity contribution in [2.24, 2.45) is 0 Å². The molecule has 3 aromatic carbocycles. The molecule has 0 saturated heterocycles. The normalized spacial score (nSPS) is 14.2. The number of aryl methyl sites for hydroxylation is 1. The van der Waals surface area contributed by atoms with E-state index >= 15 is 0 Å². The van der Waals surface area contributed by atoms with Gasteiger partial charge in [-0.2, -0.15) is 0 Å². The van der Waals surface area contributed by atoms with Crippen molar-refractivity contribution >= 4 is 39.3 Å². The molecule has 0 bridgehead atoms. The van der Waals surface area contributed by atoms with Gasteiger partial charge in [0.1, 0.15) is 18.3 Å². The fourth-order valence-corrected chi connectivity index (χ4v) is 7.15. The molecule has 0 heterocycles. The quantitative estimate of drug-likeness (QED) is 0.242. The van der Waals surface area contributed by atoms with E-state index in [1.807, 2.05) is 44.4 Å². The van der Waals surface area contributed by atoms with Gasteiger partial charge >= 0.3 is 0 Å². The minimum atomic E-state index is -4.11. The lowest BCUT2D eigenvalue weighted by atomic mass is 10.1. The first-order chi connectivity index (χ1) is 20.7. The maximum absolute atomic E-state index is 14.3. The first-order valence-electron chi connectivity index (χ1n) is 14.6. The van der Waals surface area contributed by atoms with Gasteiger partial charge in [0, 0.05) is 17.5 Å². The van der Waals surface area contributed by atoms with E-state index in [0.717, 1.165) is 46.0 Å². The highest BCUT2D eigenvalue weighted by Gasteiger charge is 2.34. The molecule has 1 aliphatic rings. The van der Waals surface area contributed by atoms with Crippen molar-refractivity contribution in [1.29, 1.82) is 0 Å². The van der Waals surface area contributed by atoms with E-state index in [0.29, 0.717) is 17.9 Å². The lowest BCUT2D eigenvalue weighted by molar-refractivity contribution is -0.140. The highest BCUT2D eigenvalue weighted by Crippen LogP contribution is 2.27. The number of hydrogen-bond donors (Lipinski definition) is 1. The Morgan fingerprint density at radius 3 is 2.16 bits per heavy atom.